The lowest BCUT2D eigenvalue weighted by Gasteiger charge is -2.58. The van der Waals surface area contributed by atoms with Crippen LogP contribution in [0.1, 0.15) is 45.4 Å². The van der Waals surface area contributed by atoms with Gasteiger partial charge in [0.05, 0.1) is 5.41 Å². The summed E-state index contributed by atoms with van der Waals surface area (Å²) < 4.78 is 5.84. The van der Waals surface area contributed by atoms with Crippen LogP contribution >= 0.6 is 15.9 Å². The van der Waals surface area contributed by atoms with Crippen LogP contribution in [-0.4, -0.2) is 29.4 Å². The topological polar surface area (TPSA) is 46.6 Å². The van der Waals surface area contributed by atoms with Crippen LogP contribution in [0.4, 0.5) is 5.69 Å². The quantitative estimate of drug-likeness (QED) is 0.539. The van der Waals surface area contributed by atoms with Crippen LogP contribution in [0.15, 0.2) is 30.3 Å². The van der Waals surface area contributed by atoms with Gasteiger partial charge in [0.25, 0.3) is 5.91 Å². The van der Waals surface area contributed by atoms with E-state index in [0.29, 0.717) is 11.8 Å². The predicted octanol–water partition coefficient (Wildman–Crippen LogP) is 4.32. The standard InChI is InChI=1S/C21H26BrNO3/c1-14(18(24)23(2)17-6-4-3-5-7-17)26-19(25)20-9-15-8-16(10-20)12-21(22,11-15)13-20/h3-7,14-16H,8-13H2,1-2H3/t14-,15-,16+,20?,21?/m1/s1. The lowest BCUT2D eigenvalue weighted by molar-refractivity contribution is -0.176. The van der Waals surface area contributed by atoms with Crippen molar-refractivity contribution < 1.29 is 14.3 Å². The van der Waals surface area contributed by atoms with Gasteiger partial charge >= 0.3 is 5.97 Å². The van der Waals surface area contributed by atoms with Gasteiger partial charge in [-0.3, -0.25) is 9.59 Å². The first-order chi connectivity index (χ1) is 12.3. The van der Waals surface area contributed by atoms with Gasteiger partial charge in [-0.25, -0.2) is 0 Å². The van der Waals surface area contributed by atoms with Gasteiger partial charge in [0, 0.05) is 17.1 Å². The summed E-state index contributed by atoms with van der Waals surface area (Å²) in [5.74, 6) is 0.864. The van der Waals surface area contributed by atoms with Gasteiger partial charge in [-0.05, 0) is 69.4 Å². The third kappa shape index (κ3) is 3.08. The Morgan fingerprint density at radius 2 is 1.77 bits per heavy atom. The number of rotatable bonds is 4. The van der Waals surface area contributed by atoms with Gasteiger partial charge in [0.2, 0.25) is 0 Å². The molecule has 1 amide bonds. The summed E-state index contributed by atoms with van der Waals surface area (Å²) in [6.07, 6.45) is 5.51. The van der Waals surface area contributed by atoms with E-state index in [1.807, 2.05) is 30.3 Å². The highest BCUT2D eigenvalue weighted by atomic mass is 79.9. The SMILES string of the molecule is C[C@@H](OC(=O)C12C[C@@H]3C[C@@H](CC(Br)(C3)C1)C2)C(=O)N(C)c1ccccc1. The molecule has 0 saturated heterocycles. The number of carbonyl (C=O) groups is 2. The molecule has 0 aliphatic heterocycles. The number of esters is 1. The highest BCUT2D eigenvalue weighted by Gasteiger charge is 2.60. The smallest absolute Gasteiger partial charge is 0.312 e. The number of alkyl halides is 1. The molecule has 5 rings (SSSR count). The van der Waals surface area contributed by atoms with E-state index >= 15 is 0 Å². The Kier molecular flexibility index (Phi) is 4.41. The Morgan fingerprint density at radius 3 is 2.35 bits per heavy atom. The number of anilines is 1. The Hall–Kier alpha value is -1.36. The first-order valence-electron chi connectivity index (χ1n) is 9.53. The van der Waals surface area contributed by atoms with Gasteiger partial charge in [-0.1, -0.05) is 34.1 Å². The van der Waals surface area contributed by atoms with Gasteiger partial charge < -0.3 is 9.64 Å². The van der Waals surface area contributed by atoms with Gasteiger partial charge in [0.15, 0.2) is 6.10 Å². The Balaban J connectivity index is 1.45. The number of hydrogen-bond donors (Lipinski definition) is 0. The summed E-state index contributed by atoms with van der Waals surface area (Å²) in [4.78, 5) is 27.4. The third-order valence-electron chi connectivity index (χ3n) is 6.53. The number of amides is 1. The van der Waals surface area contributed by atoms with Crippen molar-refractivity contribution in [1.82, 2.24) is 0 Å². The molecule has 4 aliphatic rings. The monoisotopic (exact) mass is 419 g/mol. The normalized spacial score (nSPS) is 35.8. The molecule has 1 aromatic carbocycles. The van der Waals surface area contributed by atoms with E-state index in [4.69, 9.17) is 4.74 Å². The van der Waals surface area contributed by atoms with E-state index in [1.54, 1.807) is 18.9 Å². The number of ether oxygens (including phenoxy) is 1. The van der Waals surface area contributed by atoms with E-state index in [9.17, 15) is 9.59 Å². The second-order valence-corrected chi connectivity index (χ2v) is 10.4. The maximum Gasteiger partial charge on any atom is 0.312 e. The summed E-state index contributed by atoms with van der Waals surface area (Å²) in [6.45, 7) is 1.68. The number of nitrogens with zero attached hydrogens (tertiary/aromatic N) is 1. The number of hydrogen-bond acceptors (Lipinski definition) is 3. The molecule has 140 valence electrons. The maximum atomic E-state index is 13.1. The molecule has 5 heteroatoms. The van der Waals surface area contributed by atoms with Crippen molar-refractivity contribution in [2.75, 3.05) is 11.9 Å². The first kappa shape index (κ1) is 18.0. The maximum absolute atomic E-state index is 13.1. The van der Waals surface area contributed by atoms with Crippen molar-refractivity contribution in [3.05, 3.63) is 30.3 Å². The summed E-state index contributed by atoms with van der Waals surface area (Å²) in [5.41, 5.74) is 0.405. The minimum absolute atomic E-state index is 0.101. The lowest BCUT2D eigenvalue weighted by Crippen LogP contribution is -2.56. The fourth-order valence-electron chi connectivity index (χ4n) is 5.78. The zero-order valence-electron chi connectivity index (χ0n) is 15.4. The van der Waals surface area contributed by atoms with Gasteiger partial charge in [0.1, 0.15) is 0 Å². The molecule has 0 radical (unpaired) electrons. The molecule has 2 unspecified atom stereocenters. The van der Waals surface area contributed by atoms with E-state index in [1.165, 1.54) is 19.3 Å². The van der Waals surface area contributed by atoms with Crippen LogP contribution in [0.5, 0.6) is 0 Å². The van der Waals surface area contributed by atoms with Crippen molar-refractivity contribution in [3.8, 4) is 0 Å². The van der Waals surface area contributed by atoms with Crippen molar-refractivity contribution in [2.45, 2.75) is 55.9 Å². The summed E-state index contributed by atoms with van der Waals surface area (Å²) >= 11 is 3.93. The minimum atomic E-state index is -0.771. The molecule has 0 aromatic heterocycles. The van der Waals surface area contributed by atoms with E-state index < -0.39 is 11.5 Å². The highest BCUT2D eigenvalue weighted by Crippen LogP contribution is 2.64. The average Bonchev–Trinajstić information content (AvgIpc) is 2.59. The number of halogens is 1. The Morgan fingerprint density at radius 1 is 1.15 bits per heavy atom. The molecular formula is C21H26BrNO3. The van der Waals surface area contributed by atoms with E-state index in [0.717, 1.165) is 24.9 Å². The average molecular weight is 420 g/mol. The molecular weight excluding hydrogens is 394 g/mol. The summed E-state index contributed by atoms with van der Waals surface area (Å²) in [5, 5.41) is 0. The molecule has 4 fully saturated rings. The van der Waals surface area contributed by atoms with Crippen LogP contribution in [-0.2, 0) is 14.3 Å². The molecule has 0 heterocycles. The van der Waals surface area contributed by atoms with Crippen LogP contribution in [0.2, 0.25) is 0 Å². The van der Waals surface area contributed by atoms with Crippen LogP contribution in [0, 0.1) is 17.3 Å². The fourth-order valence-corrected chi connectivity index (χ4v) is 7.23. The first-order valence-corrected chi connectivity index (χ1v) is 10.3. The Bertz CT molecular complexity index is 705. The minimum Gasteiger partial charge on any atom is -0.452 e. The summed E-state index contributed by atoms with van der Waals surface area (Å²) in [6, 6.07) is 9.44. The lowest BCUT2D eigenvalue weighted by atomic mass is 9.49. The van der Waals surface area contributed by atoms with Crippen LogP contribution in [0.3, 0.4) is 0 Å². The fraction of sp³-hybridized carbons (Fsp3) is 0.619. The highest BCUT2D eigenvalue weighted by molar-refractivity contribution is 9.10. The van der Waals surface area contributed by atoms with Crippen molar-refractivity contribution >= 4 is 33.5 Å². The molecule has 4 saturated carbocycles. The largest absolute Gasteiger partial charge is 0.452 e. The summed E-state index contributed by atoms with van der Waals surface area (Å²) in [7, 11) is 1.72. The van der Waals surface area contributed by atoms with E-state index in [-0.39, 0.29) is 16.2 Å². The van der Waals surface area contributed by atoms with Crippen molar-refractivity contribution in [2.24, 2.45) is 17.3 Å². The van der Waals surface area contributed by atoms with Crippen molar-refractivity contribution in [3.63, 3.8) is 0 Å². The van der Waals surface area contributed by atoms with Gasteiger partial charge in [-0.15, -0.1) is 0 Å². The number of benzene rings is 1. The Labute approximate surface area is 163 Å². The molecule has 1 aromatic rings. The second kappa shape index (κ2) is 6.36. The second-order valence-electron chi connectivity index (χ2n) is 8.67. The number of para-hydroxylation sites is 1. The predicted molar refractivity (Wildman–Crippen MR) is 104 cm³/mol. The molecule has 26 heavy (non-hydrogen) atoms. The molecule has 0 spiro atoms. The van der Waals surface area contributed by atoms with Crippen molar-refractivity contribution in [1.29, 1.82) is 0 Å². The molecule has 5 atom stereocenters. The molecule has 0 N–H and O–H groups in total. The van der Waals surface area contributed by atoms with Crippen LogP contribution < -0.4 is 4.90 Å². The zero-order valence-corrected chi connectivity index (χ0v) is 17.0. The van der Waals surface area contributed by atoms with E-state index in [2.05, 4.69) is 15.9 Å². The third-order valence-corrected chi connectivity index (χ3v) is 7.46. The molecule has 4 aliphatic carbocycles. The van der Waals surface area contributed by atoms with Gasteiger partial charge in [-0.2, -0.15) is 0 Å². The molecule has 4 bridgehead atoms. The zero-order chi connectivity index (χ0) is 18.5. The number of carbonyl (C=O) groups excluding carboxylic acids is 2. The number of likely N-dealkylation sites (N-methyl/N-ethyl adjacent to an activating group) is 1. The van der Waals surface area contributed by atoms with Crippen LogP contribution in [0.25, 0.3) is 0 Å². The molecule has 4 nitrogen and oxygen atoms in total.